The van der Waals surface area contributed by atoms with Crippen LogP contribution in [0.5, 0.6) is 0 Å². The minimum atomic E-state index is -2.90. The van der Waals surface area contributed by atoms with Crippen LogP contribution in [0.15, 0.2) is 0 Å². The topological polar surface area (TPSA) is 180 Å². The second-order valence-electron chi connectivity index (χ2n) is 5.38. The van der Waals surface area contributed by atoms with Gasteiger partial charge in [-0.3, -0.25) is 0 Å². The van der Waals surface area contributed by atoms with Gasteiger partial charge in [0.2, 0.25) is 5.79 Å². The SMILES string of the molecule is OC([C@H]1OC[C@H](O)C(O)(O)[C@@H]1O)[C@@H]1OC[C@@H](O)[C@@H](O)[C@@H]1O. The van der Waals surface area contributed by atoms with E-state index in [0.717, 1.165) is 0 Å². The molecule has 8 atom stereocenters. The summed E-state index contributed by atoms with van der Waals surface area (Å²) in [4.78, 5) is 0. The minimum absolute atomic E-state index is 0.366. The van der Waals surface area contributed by atoms with Gasteiger partial charge in [0.05, 0.1) is 13.2 Å². The Balaban J connectivity index is 2.11. The molecule has 0 aromatic carbocycles. The average Bonchev–Trinajstić information content (AvgIpc) is 2.43. The second kappa shape index (κ2) is 6.01. The second-order valence-corrected chi connectivity index (χ2v) is 5.38. The van der Waals surface area contributed by atoms with E-state index in [2.05, 4.69) is 0 Å². The molecule has 8 N–H and O–H groups in total. The molecule has 0 aromatic heterocycles. The molecule has 21 heavy (non-hydrogen) atoms. The van der Waals surface area contributed by atoms with Gasteiger partial charge < -0.3 is 50.3 Å². The van der Waals surface area contributed by atoms with Gasteiger partial charge >= 0.3 is 0 Å². The molecule has 2 aliphatic heterocycles. The summed E-state index contributed by atoms with van der Waals surface area (Å²) in [7, 11) is 0. The van der Waals surface area contributed by atoms with E-state index in [1.54, 1.807) is 0 Å². The first-order valence-electron chi connectivity index (χ1n) is 6.44. The van der Waals surface area contributed by atoms with Crippen LogP contribution in [-0.2, 0) is 9.47 Å². The van der Waals surface area contributed by atoms with E-state index in [1.807, 2.05) is 0 Å². The van der Waals surface area contributed by atoms with Gasteiger partial charge in [-0.1, -0.05) is 0 Å². The van der Waals surface area contributed by atoms with Gasteiger partial charge in [0.1, 0.15) is 48.8 Å². The van der Waals surface area contributed by atoms with E-state index >= 15 is 0 Å². The quantitative estimate of drug-likeness (QED) is 0.229. The predicted molar refractivity (Wildman–Crippen MR) is 62.7 cm³/mol. The molecular weight excluding hydrogens is 292 g/mol. The van der Waals surface area contributed by atoms with Crippen LogP contribution in [0.3, 0.4) is 0 Å². The van der Waals surface area contributed by atoms with Crippen LogP contribution in [-0.4, -0.2) is 109 Å². The summed E-state index contributed by atoms with van der Waals surface area (Å²) in [6.07, 6.45) is -13.2. The van der Waals surface area contributed by atoms with Gasteiger partial charge in [-0.05, 0) is 0 Å². The zero-order chi connectivity index (χ0) is 15.9. The first kappa shape index (κ1) is 17.0. The summed E-state index contributed by atoms with van der Waals surface area (Å²) in [5.74, 6) is -2.90. The Kier molecular flexibility index (Phi) is 4.85. The summed E-state index contributed by atoms with van der Waals surface area (Å²) < 4.78 is 9.96. The molecule has 0 aliphatic carbocycles. The maximum atomic E-state index is 10.1. The monoisotopic (exact) mass is 312 g/mol. The van der Waals surface area contributed by atoms with E-state index in [9.17, 15) is 40.9 Å². The number of rotatable bonds is 2. The van der Waals surface area contributed by atoms with Crippen LogP contribution in [0.2, 0.25) is 0 Å². The summed E-state index contributed by atoms with van der Waals surface area (Å²) in [6.45, 7) is -0.936. The fraction of sp³-hybridized carbons (Fsp3) is 1.00. The predicted octanol–water partition coefficient (Wildman–Crippen LogP) is -5.37. The summed E-state index contributed by atoms with van der Waals surface area (Å²) in [5.41, 5.74) is 0. The molecule has 0 aromatic rings. The van der Waals surface area contributed by atoms with Gasteiger partial charge in [-0.15, -0.1) is 0 Å². The van der Waals surface area contributed by atoms with Crippen LogP contribution in [0.4, 0.5) is 0 Å². The van der Waals surface area contributed by atoms with Gasteiger partial charge in [0.15, 0.2) is 0 Å². The molecule has 2 saturated heterocycles. The Morgan fingerprint density at radius 1 is 0.857 bits per heavy atom. The maximum absolute atomic E-state index is 10.1. The van der Waals surface area contributed by atoms with E-state index in [4.69, 9.17) is 9.47 Å². The maximum Gasteiger partial charge on any atom is 0.221 e. The van der Waals surface area contributed by atoms with Crippen molar-refractivity contribution >= 4 is 0 Å². The number of hydrogen-bond acceptors (Lipinski definition) is 10. The smallest absolute Gasteiger partial charge is 0.221 e. The Morgan fingerprint density at radius 3 is 2.05 bits per heavy atom. The zero-order valence-corrected chi connectivity index (χ0v) is 10.9. The third-order valence-electron chi connectivity index (χ3n) is 3.90. The van der Waals surface area contributed by atoms with Crippen LogP contribution < -0.4 is 0 Å². The first-order chi connectivity index (χ1) is 9.67. The van der Waals surface area contributed by atoms with Crippen molar-refractivity contribution in [2.45, 2.75) is 54.6 Å². The minimum Gasteiger partial charge on any atom is -0.388 e. The summed E-state index contributed by atoms with van der Waals surface area (Å²) >= 11 is 0. The number of ether oxygens (including phenoxy) is 2. The Labute approximate surface area is 119 Å². The fourth-order valence-electron chi connectivity index (χ4n) is 2.46. The molecule has 0 bridgehead atoms. The number of aliphatic hydroxyl groups excluding tert-OH is 6. The zero-order valence-electron chi connectivity index (χ0n) is 10.9. The summed E-state index contributed by atoms with van der Waals surface area (Å²) in [5, 5.41) is 77.0. The first-order valence-corrected chi connectivity index (χ1v) is 6.44. The Bertz CT molecular complexity index is 363. The number of hydrogen-bond donors (Lipinski definition) is 8. The molecule has 10 heteroatoms. The number of aliphatic hydroxyl groups is 8. The van der Waals surface area contributed by atoms with Gasteiger partial charge in [-0.2, -0.15) is 0 Å². The molecule has 0 amide bonds. The Morgan fingerprint density at radius 2 is 1.43 bits per heavy atom. The van der Waals surface area contributed by atoms with Crippen LogP contribution in [0, 0.1) is 0 Å². The summed E-state index contributed by atoms with van der Waals surface area (Å²) in [6, 6.07) is 0. The van der Waals surface area contributed by atoms with Gasteiger partial charge in [0.25, 0.3) is 0 Å². The van der Waals surface area contributed by atoms with E-state index in [-0.39, 0.29) is 6.61 Å². The molecule has 2 heterocycles. The molecule has 2 aliphatic rings. The highest BCUT2D eigenvalue weighted by Crippen LogP contribution is 2.29. The molecule has 124 valence electrons. The van der Waals surface area contributed by atoms with Crippen molar-refractivity contribution in [3.63, 3.8) is 0 Å². The Hall–Kier alpha value is -0.400. The van der Waals surface area contributed by atoms with Crippen molar-refractivity contribution in [1.29, 1.82) is 0 Å². The van der Waals surface area contributed by atoms with Crippen molar-refractivity contribution in [2.75, 3.05) is 13.2 Å². The largest absolute Gasteiger partial charge is 0.388 e. The van der Waals surface area contributed by atoms with Gasteiger partial charge in [0, 0.05) is 0 Å². The molecule has 0 saturated carbocycles. The van der Waals surface area contributed by atoms with Crippen molar-refractivity contribution in [3.05, 3.63) is 0 Å². The van der Waals surface area contributed by atoms with Crippen molar-refractivity contribution in [3.8, 4) is 0 Å². The van der Waals surface area contributed by atoms with E-state index in [1.165, 1.54) is 0 Å². The molecule has 0 radical (unpaired) electrons. The lowest BCUT2D eigenvalue weighted by molar-refractivity contribution is -0.346. The molecular formula is C11H20O10. The molecule has 10 nitrogen and oxygen atoms in total. The van der Waals surface area contributed by atoms with Crippen LogP contribution >= 0.6 is 0 Å². The van der Waals surface area contributed by atoms with E-state index in [0.29, 0.717) is 0 Å². The molecule has 2 rings (SSSR count). The lowest BCUT2D eigenvalue weighted by Crippen LogP contribution is -2.68. The van der Waals surface area contributed by atoms with Crippen LogP contribution in [0.1, 0.15) is 0 Å². The van der Waals surface area contributed by atoms with Crippen molar-refractivity contribution in [1.82, 2.24) is 0 Å². The van der Waals surface area contributed by atoms with Gasteiger partial charge in [-0.25, -0.2) is 0 Å². The highest BCUT2D eigenvalue weighted by molar-refractivity contribution is 5.00. The molecule has 2 fully saturated rings. The van der Waals surface area contributed by atoms with Crippen molar-refractivity contribution < 1.29 is 50.3 Å². The lowest BCUT2D eigenvalue weighted by Gasteiger charge is -2.45. The average molecular weight is 312 g/mol. The standard InChI is InChI=1S/C11H20O10/c12-3-1-20-8(6(15)5(3)14)7(16)9-10(17)11(18,19)4(13)2-21-9/h3-10,12-19H,1-2H2/t3-,4+,5-,6+,7?,8-,9-,10-/m1/s1. The third-order valence-corrected chi connectivity index (χ3v) is 3.90. The highest BCUT2D eigenvalue weighted by atomic mass is 16.6. The highest BCUT2D eigenvalue weighted by Gasteiger charge is 2.55. The fourth-order valence-corrected chi connectivity index (χ4v) is 2.46. The molecule has 0 spiro atoms. The normalized spacial score (nSPS) is 48.9. The van der Waals surface area contributed by atoms with Crippen molar-refractivity contribution in [2.24, 2.45) is 0 Å². The van der Waals surface area contributed by atoms with E-state index < -0.39 is 61.2 Å². The third kappa shape index (κ3) is 2.92. The molecule has 1 unspecified atom stereocenters. The lowest BCUT2D eigenvalue weighted by atomic mass is 9.87. The van der Waals surface area contributed by atoms with Crippen LogP contribution in [0.25, 0.3) is 0 Å².